The van der Waals surface area contributed by atoms with E-state index in [9.17, 15) is 0 Å². The van der Waals surface area contributed by atoms with Crippen LogP contribution in [0.15, 0.2) is 18.2 Å². The maximum atomic E-state index is 5.93. The summed E-state index contributed by atoms with van der Waals surface area (Å²) in [6.45, 7) is 8.96. The quantitative estimate of drug-likeness (QED) is 0.823. The van der Waals surface area contributed by atoms with Gasteiger partial charge in [0.05, 0.1) is 0 Å². The predicted octanol–water partition coefficient (Wildman–Crippen LogP) is 2.67. The van der Waals surface area contributed by atoms with E-state index in [0.717, 1.165) is 5.75 Å². The molecule has 0 aliphatic carbocycles. The predicted molar refractivity (Wildman–Crippen MR) is 64.2 cm³/mol. The normalized spacial score (nSPS) is 12.9. The highest BCUT2D eigenvalue weighted by Crippen LogP contribution is 2.20. The molecule has 0 saturated heterocycles. The fraction of sp³-hybridized carbons (Fsp3) is 0.538. The summed E-state index contributed by atoms with van der Waals surface area (Å²) < 4.78 is 5.72. The van der Waals surface area contributed by atoms with E-state index >= 15 is 0 Å². The molecule has 0 spiro atoms. The first kappa shape index (κ1) is 12.1. The van der Waals surface area contributed by atoms with Crippen molar-refractivity contribution in [3.8, 4) is 5.75 Å². The molecular weight excluding hydrogens is 186 g/mol. The highest BCUT2D eigenvalue weighted by Gasteiger charge is 2.09. The zero-order valence-corrected chi connectivity index (χ0v) is 10.1. The molecule has 1 aromatic rings. The molecule has 15 heavy (non-hydrogen) atoms. The summed E-state index contributed by atoms with van der Waals surface area (Å²) in [4.78, 5) is 0. The van der Waals surface area contributed by atoms with Crippen LogP contribution in [-0.2, 0) is 0 Å². The van der Waals surface area contributed by atoms with Gasteiger partial charge in [-0.15, -0.1) is 0 Å². The fourth-order valence-electron chi connectivity index (χ4n) is 1.26. The van der Waals surface area contributed by atoms with Crippen molar-refractivity contribution in [2.75, 3.05) is 6.61 Å². The van der Waals surface area contributed by atoms with Gasteiger partial charge < -0.3 is 10.5 Å². The van der Waals surface area contributed by atoms with E-state index in [4.69, 9.17) is 10.5 Å². The summed E-state index contributed by atoms with van der Waals surface area (Å²) in [6.07, 6.45) is 0. The van der Waals surface area contributed by atoms with Gasteiger partial charge in [-0.05, 0) is 37.0 Å². The van der Waals surface area contributed by atoms with Crippen LogP contribution in [0, 0.1) is 19.8 Å². The molecule has 0 aromatic heterocycles. The van der Waals surface area contributed by atoms with Crippen molar-refractivity contribution >= 4 is 0 Å². The lowest BCUT2D eigenvalue weighted by Crippen LogP contribution is -2.33. The van der Waals surface area contributed by atoms with Gasteiger partial charge in [0.25, 0.3) is 0 Å². The number of nitrogens with two attached hydrogens (primary N) is 1. The van der Waals surface area contributed by atoms with Crippen molar-refractivity contribution in [3.63, 3.8) is 0 Å². The fourth-order valence-corrected chi connectivity index (χ4v) is 1.26. The van der Waals surface area contributed by atoms with Gasteiger partial charge in [-0.1, -0.05) is 26.0 Å². The van der Waals surface area contributed by atoms with E-state index < -0.39 is 0 Å². The Morgan fingerprint density at radius 1 is 1.27 bits per heavy atom. The van der Waals surface area contributed by atoms with Crippen LogP contribution in [-0.4, -0.2) is 12.6 Å². The highest BCUT2D eigenvalue weighted by atomic mass is 16.5. The second kappa shape index (κ2) is 5.17. The Hall–Kier alpha value is -1.02. The second-order valence-electron chi connectivity index (χ2n) is 4.42. The van der Waals surface area contributed by atoms with Crippen LogP contribution in [0.1, 0.15) is 25.0 Å². The van der Waals surface area contributed by atoms with Crippen molar-refractivity contribution in [2.45, 2.75) is 33.7 Å². The van der Waals surface area contributed by atoms with Gasteiger partial charge in [0.2, 0.25) is 0 Å². The van der Waals surface area contributed by atoms with Gasteiger partial charge in [0.15, 0.2) is 0 Å². The zero-order chi connectivity index (χ0) is 11.4. The Kier molecular flexibility index (Phi) is 4.15. The minimum absolute atomic E-state index is 0.102. The molecule has 2 heteroatoms. The first-order chi connectivity index (χ1) is 7.02. The standard InChI is InChI=1S/C13H21NO/c1-9(2)12(14)8-15-13-7-5-6-10(3)11(13)4/h5-7,9,12H,8,14H2,1-4H3. The molecule has 0 bridgehead atoms. The van der Waals surface area contributed by atoms with Crippen LogP contribution in [0.25, 0.3) is 0 Å². The highest BCUT2D eigenvalue weighted by molar-refractivity contribution is 5.38. The van der Waals surface area contributed by atoms with E-state index in [-0.39, 0.29) is 6.04 Å². The van der Waals surface area contributed by atoms with Crippen LogP contribution in [0.3, 0.4) is 0 Å². The van der Waals surface area contributed by atoms with Crippen LogP contribution in [0.5, 0.6) is 5.75 Å². The summed E-state index contributed by atoms with van der Waals surface area (Å²) in [6, 6.07) is 6.20. The number of ether oxygens (including phenoxy) is 1. The summed E-state index contributed by atoms with van der Waals surface area (Å²) in [5, 5.41) is 0. The molecule has 0 saturated carbocycles. The zero-order valence-electron chi connectivity index (χ0n) is 10.1. The molecule has 0 amide bonds. The molecule has 1 aromatic carbocycles. The van der Waals surface area contributed by atoms with Gasteiger partial charge in [0.1, 0.15) is 12.4 Å². The summed E-state index contributed by atoms with van der Waals surface area (Å²) in [7, 11) is 0. The molecule has 0 aliphatic rings. The Bertz CT molecular complexity index is 320. The monoisotopic (exact) mass is 207 g/mol. The molecule has 84 valence electrons. The SMILES string of the molecule is Cc1cccc(OCC(N)C(C)C)c1C. The lowest BCUT2D eigenvalue weighted by atomic mass is 10.1. The summed E-state index contributed by atoms with van der Waals surface area (Å²) in [5.41, 5.74) is 8.38. The van der Waals surface area contributed by atoms with Crippen molar-refractivity contribution in [1.29, 1.82) is 0 Å². The average Bonchev–Trinajstić information content (AvgIpc) is 2.19. The molecule has 1 unspecified atom stereocenters. The molecule has 0 heterocycles. The van der Waals surface area contributed by atoms with Gasteiger partial charge in [-0.3, -0.25) is 0 Å². The van der Waals surface area contributed by atoms with E-state index in [1.54, 1.807) is 0 Å². The van der Waals surface area contributed by atoms with Crippen LogP contribution >= 0.6 is 0 Å². The van der Waals surface area contributed by atoms with Crippen LogP contribution in [0.4, 0.5) is 0 Å². The first-order valence-electron chi connectivity index (χ1n) is 5.47. The number of hydrogen-bond donors (Lipinski definition) is 1. The van der Waals surface area contributed by atoms with Crippen molar-refractivity contribution < 1.29 is 4.74 Å². The number of hydrogen-bond acceptors (Lipinski definition) is 2. The largest absolute Gasteiger partial charge is 0.492 e. The molecule has 0 fully saturated rings. The van der Waals surface area contributed by atoms with Crippen LogP contribution < -0.4 is 10.5 Å². The molecule has 0 radical (unpaired) electrons. The second-order valence-corrected chi connectivity index (χ2v) is 4.42. The average molecular weight is 207 g/mol. The van der Waals surface area contributed by atoms with Gasteiger partial charge in [-0.25, -0.2) is 0 Å². The van der Waals surface area contributed by atoms with E-state index in [0.29, 0.717) is 12.5 Å². The number of aryl methyl sites for hydroxylation is 1. The van der Waals surface area contributed by atoms with Gasteiger partial charge in [-0.2, -0.15) is 0 Å². The smallest absolute Gasteiger partial charge is 0.122 e. The van der Waals surface area contributed by atoms with Crippen molar-refractivity contribution in [2.24, 2.45) is 11.7 Å². The van der Waals surface area contributed by atoms with E-state index in [1.165, 1.54) is 11.1 Å². The third-order valence-electron chi connectivity index (χ3n) is 2.84. The topological polar surface area (TPSA) is 35.2 Å². The Labute approximate surface area is 92.4 Å². The van der Waals surface area contributed by atoms with Crippen molar-refractivity contribution in [1.82, 2.24) is 0 Å². The lowest BCUT2D eigenvalue weighted by molar-refractivity contribution is 0.258. The summed E-state index contributed by atoms with van der Waals surface area (Å²) >= 11 is 0. The third kappa shape index (κ3) is 3.24. The Morgan fingerprint density at radius 2 is 1.93 bits per heavy atom. The minimum atomic E-state index is 0.102. The van der Waals surface area contributed by atoms with Crippen molar-refractivity contribution in [3.05, 3.63) is 29.3 Å². The van der Waals surface area contributed by atoms with E-state index in [2.05, 4.69) is 33.8 Å². The van der Waals surface area contributed by atoms with E-state index in [1.807, 2.05) is 12.1 Å². The summed E-state index contributed by atoms with van der Waals surface area (Å²) in [5.74, 6) is 1.40. The Morgan fingerprint density at radius 3 is 2.53 bits per heavy atom. The molecule has 0 aliphatic heterocycles. The molecule has 1 rings (SSSR count). The molecule has 1 atom stereocenters. The Balaban J connectivity index is 2.62. The molecule has 2 nitrogen and oxygen atoms in total. The minimum Gasteiger partial charge on any atom is -0.492 e. The molecular formula is C13H21NO. The third-order valence-corrected chi connectivity index (χ3v) is 2.84. The van der Waals surface area contributed by atoms with Crippen LogP contribution in [0.2, 0.25) is 0 Å². The number of benzene rings is 1. The first-order valence-corrected chi connectivity index (χ1v) is 5.47. The lowest BCUT2D eigenvalue weighted by Gasteiger charge is -2.17. The maximum Gasteiger partial charge on any atom is 0.122 e. The number of rotatable bonds is 4. The molecule has 2 N–H and O–H groups in total. The van der Waals surface area contributed by atoms with Gasteiger partial charge >= 0.3 is 0 Å². The maximum absolute atomic E-state index is 5.93. The van der Waals surface area contributed by atoms with Gasteiger partial charge in [0, 0.05) is 6.04 Å².